The van der Waals surface area contributed by atoms with Crippen molar-refractivity contribution >= 4 is 29.0 Å². The van der Waals surface area contributed by atoms with Crippen molar-refractivity contribution in [3.8, 4) is 22.8 Å². The zero-order chi connectivity index (χ0) is 24.8. The van der Waals surface area contributed by atoms with Crippen LogP contribution in [-0.2, 0) is 0 Å². The predicted octanol–water partition coefficient (Wildman–Crippen LogP) is 5.25. The number of anilines is 1. The van der Waals surface area contributed by atoms with Gasteiger partial charge in [-0.1, -0.05) is 12.1 Å². The number of hydrogen-bond donors (Lipinski definition) is 2. The molecule has 1 fully saturated rings. The van der Waals surface area contributed by atoms with E-state index in [0.717, 1.165) is 22.5 Å². The zero-order valence-electron chi connectivity index (χ0n) is 19.2. The van der Waals surface area contributed by atoms with Crippen molar-refractivity contribution < 1.29 is 23.8 Å². The molecule has 2 N–H and O–H groups in total. The molecule has 0 spiro atoms. The van der Waals surface area contributed by atoms with Crippen LogP contribution in [0, 0.1) is 6.92 Å². The maximum absolute atomic E-state index is 11.4. The van der Waals surface area contributed by atoms with Crippen molar-refractivity contribution in [2.45, 2.75) is 19.0 Å². The fourth-order valence-electron chi connectivity index (χ4n) is 4.69. The van der Waals surface area contributed by atoms with Crippen LogP contribution in [0.1, 0.15) is 39.5 Å². The average molecular weight is 500 g/mol. The quantitative estimate of drug-likeness (QED) is 0.357. The summed E-state index contributed by atoms with van der Waals surface area (Å²) in [6.07, 6.45) is 1.75. The first kappa shape index (κ1) is 22.1. The summed E-state index contributed by atoms with van der Waals surface area (Å²) in [7, 11) is 0. The second-order valence-electron chi connectivity index (χ2n) is 8.57. The molecule has 2 aromatic carbocycles. The van der Waals surface area contributed by atoms with E-state index in [1.54, 1.807) is 24.4 Å². The summed E-state index contributed by atoms with van der Waals surface area (Å²) in [5, 5.41) is 13.3. The van der Waals surface area contributed by atoms with Gasteiger partial charge in [0.2, 0.25) is 6.79 Å². The van der Waals surface area contributed by atoms with Crippen molar-refractivity contribution in [3.63, 3.8) is 0 Å². The van der Waals surface area contributed by atoms with Crippen LogP contribution in [0.15, 0.2) is 77.3 Å². The number of thiocarbonyl (C=S) groups is 1. The lowest BCUT2D eigenvalue weighted by Crippen LogP contribution is -2.29. The second kappa shape index (κ2) is 8.69. The van der Waals surface area contributed by atoms with E-state index in [9.17, 15) is 9.90 Å². The highest BCUT2D eigenvalue weighted by atomic mass is 32.1. The minimum absolute atomic E-state index is 0.184. The van der Waals surface area contributed by atoms with Gasteiger partial charge in [-0.3, -0.25) is 4.98 Å². The molecule has 0 radical (unpaired) electrons. The molecule has 4 aromatic rings. The van der Waals surface area contributed by atoms with E-state index in [0.29, 0.717) is 28.1 Å². The van der Waals surface area contributed by atoms with Gasteiger partial charge in [0, 0.05) is 23.5 Å². The highest BCUT2D eigenvalue weighted by molar-refractivity contribution is 7.80. The molecule has 2 atom stereocenters. The molecule has 6 rings (SSSR count). The molecular formula is C27H21N3O5S. The first-order valence-electron chi connectivity index (χ1n) is 11.3. The molecule has 9 heteroatoms. The van der Waals surface area contributed by atoms with E-state index in [1.165, 1.54) is 0 Å². The number of ether oxygens (including phenoxy) is 2. The normalized spacial score (nSPS) is 18.4. The number of nitrogens with one attached hydrogen (secondary N) is 1. The van der Waals surface area contributed by atoms with E-state index in [1.807, 2.05) is 60.4 Å². The molecule has 0 bridgehead atoms. The SMILES string of the molecule is Cc1cc(C(=O)O)ccc1-c1ccc([C@H]2[C@@H](c3ccccn3)NC(=S)N2c2ccc3c(c2)OCO3)o1. The molecule has 8 nitrogen and oxygen atoms in total. The molecule has 1 saturated heterocycles. The van der Waals surface area contributed by atoms with E-state index in [-0.39, 0.29) is 24.4 Å². The number of aromatic nitrogens is 1. The van der Waals surface area contributed by atoms with E-state index in [2.05, 4.69) is 10.3 Å². The molecule has 180 valence electrons. The van der Waals surface area contributed by atoms with Gasteiger partial charge in [0.1, 0.15) is 17.6 Å². The summed E-state index contributed by atoms with van der Waals surface area (Å²) in [5.41, 5.74) is 3.53. The number of benzene rings is 2. The maximum atomic E-state index is 11.4. The molecule has 0 saturated carbocycles. The number of aromatic carboxylic acids is 1. The fourth-order valence-corrected chi connectivity index (χ4v) is 5.03. The number of hydrogen-bond acceptors (Lipinski definition) is 6. The fraction of sp³-hybridized carbons (Fsp3) is 0.148. The number of furan rings is 1. The highest BCUT2D eigenvalue weighted by Crippen LogP contribution is 2.45. The third kappa shape index (κ3) is 3.74. The van der Waals surface area contributed by atoms with Crippen molar-refractivity contribution in [2.75, 3.05) is 11.7 Å². The van der Waals surface area contributed by atoms with Crippen LogP contribution < -0.4 is 19.7 Å². The van der Waals surface area contributed by atoms with Crippen LogP contribution in [0.25, 0.3) is 11.3 Å². The average Bonchev–Trinajstić information content (AvgIpc) is 3.62. The van der Waals surface area contributed by atoms with E-state index in [4.69, 9.17) is 26.1 Å². The van der Waals surface area contributed by atoms with Gasteiger partial charge in [0.15, 0.2) is 16.6 Å². The van der Waals surface area contributed by atoms with Gasteiger partial charge in [-0.15, -0.1) is 0 Å². The van der Waals surface area contributed by atoms with Gasteiger partial charge >= 0.3 is 5.97 Å². The van der Waals surface area contributed by atoms with Crippen LogP contribution in [-0.4, -0.2) is 28.0 Å². The number of rotatable bonds is 5. The Morgan fingerprint density at radius 1 is 1.08 bits per heavy atom. The van der Waals surface area contributed by atoms with Gasteiger partial charge in [-0.25, -0.2) is 4.79 Å². The minimum Gasteiger partial charge on any atom is -0.478 e. The zero-order valence-corrected chi connectivity index (χ0v) is 20.0. The lowest BCUT2D eigenvalue weighted by molar-refractivity contribution is 0.0696. The van der Waals surface area contributed by atoms with Crippen LogP contribution in [0.5, 0.6) is 11.5 Å². The van der Waals surface area contributed by atoms with Crippen LogP contribution in [0.4, 0.5) is 5.69 Å². The molecule has 2 aliphatic rings. The van der Waals surface area contributed by atoms with Gasteiger partial charge in [0.25, 0.3) is 0 Å². The Morgan fingerprint density at radius 3 is 2.72 bits per heavy atom. The van der Waals surface area contributed by atoms with Gasteiger partial charge in [-0.05, 0) is 73.2 Å². The third-order valence-corrected chi connectivity index (χ3v) is 6.70. The molecule has 0 amide bonds. The Kier molecular flexibility index (Phi) is 5.34. The summed E-state index contributed by atoms with van der Waals surface area (Å²) in [5.74, 6) is 1.71. The first-order chi connectivity index (χ1) is 17.5. The van der Waals surface area contributed by atoms with Gasteiger partial charge < -0.3 is 29.2 Å². The van der Waals surface area contributed by atoms with Crippen LogP contribution >= 0.6 is 12.2 Å². The molecule has 4 heterocycles. The number of nitrogens with zero attached hydrogens (tertiary/aromatic N) is 2. The Morgan fingerprint density at radius 2 is 1.94 bits per heavy atom. The second-order valence-corrected chi connectivity index (χ2v) is 8.96. The summed E-state index contributed by atoms with van der Waals surface area (Å²) >= 11 is 5.78. The lowest BCUT2D eigenvalue weighted by Gasteiger charge is -2.26. The molecule has 2 aromatic heterocycles. The largest absolute Gasteiger partial charge is 0.478 e. The summed E-state index contributed by atoms with van der Waals surface area (Å²) in [6.45, 7) is 2.05. The Hall–Kier alpha value is -4.37. The summed E-state index contributed by atoms with van der Waals surface area (Å²) < 4.78 is 17.5. The molecule has 0 aliphatic carbocycles. The number of aryl methyl sites for hydroxylation is 1. The minimum atomic E-state index is -0.965. The van der Waals surface area contributed by atoms with E-state index < -0.39 is 5.97 Å². The monoisotopic (exact) mass is 499 g/mol. The summed E-state index contributed by atoms with van der Waals surface area (Å²) in [4.78, 5) is 17.9. The third-order valence-electron chi connectivity index (χ3n) is 6.39. The number of carboxylic acid groups (broad SMARTS) is 1. The van der Waals surface area contributed by atoms with Gasteiger partial charge in [-0.2, -0.15) is 0 Å². The smallest absolute Gasteiger partial charge is 0.335 e. The number of carboxylic acids is 1. The highest BCUT2D eigenvalue weighted by Gasteiger charge is 2.43. The Bertz CT molecular complexity index is 1490. The molecule has 2 aliphatic heterocycles. The first-order valence-corrected chi connectivity index (χ1v) is 11.7. The number of fused-ring (bicyclic) bond motifs is 1. The molecule has 36 heavy (non-hydrogen) atoms. The van der Waals surface area contributed by atoms with Crippen LogP contribution in [0.3, 0.4) is 0 Å². The molecular weight excluding hydrogens is 478 g/mol. The lowest BCUT2D eigenvalue weighted by atomic mass is 10.0. The van der Waals surface area contributed by atoms with Crippen molar-refractivity contribution in [2.24, 2.45) is 0 Å². The van der Waals surface area contributed by atoms with E-state index >= 15 is 0 Å². The maximum Gasteiger partial charge on any atom is 0.335 e. The Labute approximate surface area is 212 Å². The summed E-state index contributed by atoms with van der Waals surface area (Å²) in [6, 6.07) is 19.7. The van der Waals surface area contributed by atoms with Crippen molar-refractivity contribution in [1.29, 1.82) is 0 Å². The topological polar surface area (TPSA) is 97.1 Å². The Balaban J connectivity index is 1.43. The predicted molar refractivity (Wildman–Crippen MR) is 136 cm³/mol. The standard InChI is InChI=1S/C27H21N3O5S/c1-15-12-16(26(31)32)5-7-18(15)20-9-10-22(35-20)25-24(19-4-2-3-11-28-19)29-27(36)30(25)17-6-8-21-23(13-17)34-14-33-21/h2-13,24-25H,14H2,1H3,(H,29,36)(H,31,32)/t24-,25+/m1/s1. The number of pyridine rings is 1. The molecule has 0 unspecified atom stereocenters. The van der Waals surface area contributed by atoms with Crippen molar-refractivity contribution in [3.05, 3.63) is 95.5 Å². The van der Waals surface area contributed by atoms with Crippen LogP contribution in [0.2, 0.25) is 0 Å². The number of carbonyl (C=O) groups is 1. The van der Waals surface area contributed by atoms with Gasteiger partial charge in [0.05, 0.1) is 17.3 Å². The van der Waals surface area contributed by atoms with Crippen molar-refractivity contribution in [1.82, 2.24) is 10.3 Å².